The topological polar surface area (TPSA) is 95.2 Å². The molecule has 0 aromatic carbocycles. The van der Waals surface area contributed by atoms with E-state index in [0.717, 1.165) is 0 Å². The lowest BCUT2D eigenvalue weighted by Crippen LogP contribution is -2.68. The highest BCUT2D eigenvalue weighted by Crippen LogP contribution is 2.00. The Bertz CT molecular complexity index is 157. The van der Waals surface area contributed by atoms with Crippen LogP contribution in [-0.2, 0) is 0 Å². The van der Waals surface area contributed by atoms with Gasteiger partial charge in [-0.15, -0.1) is 10.2 Å². The van der Waals surface area contributed by atoms with Crippen molar-refractivity contribution in [2.24, 2.45) is 0 Å². The van der Waals surface area contributed by atoms with Gasteiger partial charge in [-0.2, -0.15) is 0 Å². The molecule has 0 N–H and O–H groups in total. The summed E-state index contributed by atoms with van der Waals surface area (Å²) >= 11 is 0. The molecule has 5 nitrogen and oxygen atoms in total. The van der Waals surface area contributed by atoms with Crippen molar-refractivity contribution in [2.45, 2.75) is 19.8 Å². The van der Waals surface area contributed by atoms with Crippen LogP contribution in [0.4, 0.5) is 0 Å². The van der Waals surface area contributed by atoms with Crippen LogP contribution in [0.1, 0.15) is 19.8 Å². The summed E-state index contributed by atoms with van der Waals surface area (Å²) in [5.74, 6) is 0. The highest BCUT2D eigenvalue weighted by molar-refractivity contribution is 5.77. The first-order chi connectivity index (χ1) is 5.30. The Kier molecular flexibility index (Phi) is 4.66. The second-order valence-corrected chi connectivity index (χ2v) is 3.39. The van der Waals surface area contributed by atoms with E-state index in [4.69, 9.17) is 18.6 Å². The van der Waals surface area contributed by atoms with Crippen molar-refractivity contribution in [2.75, 3.05) is 13.6 Å². The lowest BCUT2D eigenvalue weighted by atomic mass is 10.3. The summed E-state index contributed by atoms with van der Waals surface area (Å²) in [6, 6.07) is 0. The molecule has 0 unspecified atom stereocenters. The van der Waals surface area contributed by atoms with Crippen molar-refractivity contribution in [1.82, 2.24) is 0 Å². The number of hydrogen-bond donors (Lipinski definition) is 0. The van der Waals surface area contributed by atoms with Gasteiger partial charge in [0.2, 0.25) is 0 Å². The molecule has 0 saturated heterocycles. The van der Waals surface area contributed by atoms with Crippen LogP contribution < -0.4 is 18.6 Å². The van der Waals surface area contributed by atoms with Gasteiger partial charge in [-0.3, -0.25) is 0 Å². The average molecular weight is 198 g/mol. The zero-order chi connectivity index (χ0) is 9.78. The molecule has 0 radical (unpaired) electrons. The maximum absolute atomic E-state index is 8.49. The largest absolute Gasteiger partial charge is 0.240 e. The molecule has 1 heterocycles. The van der Waals surface area contributed by atoms with Gasteiger partial charge >= 0.3 is 0 Å². The average Bonchev–Trinajstić information content (AvgIpc) is 2.12. The second-order valence-electron chi connectivity index (χ2n) is 2.64. The van der Waals surface area contributed by atoms with Crippen LogP contribution in [0.5, 0.6) is 0 Å². The van der Waals surface area contributed by atoms with E-state index >= 15 is 0 Å². The minimum Gasteiger partial charge on any atom is -0.240 e. The molecule has 1 rings (SSSR count). The maximum atomic E-state index is 8.49. The van der Waals surface area contributed by atoms with Crippen molar-refractivity contribution >= 4 is 5.71 Å². The molecule has 1 aliphatic heterocycles. The summed E-state index contributed by atoms with van der Waals surface area (Å²) < 4.78 is 36.3. The Labute approximate surface area is 73.3 Å². The summed E-state index contributed by atoms with van der Waals surface area (Å²) in [6.45, 7) is 3.47. The van der Waals surface area contributed by atoms with Gasteiger partial charge < -0.3 is 0 Å². The van der Waals surface area contributed by atoms with E-state index < -0.39 is 10.2 Å². The molecule has 0 aromatic heterocycles. The standard InChI is InChI=1S/C6H12N.ClHO4/c1-6-4-3-5-7(6)2;2-1(3,4)5/h3-5H2,1-2H3;(H,2,3,4,5)/q+1;/p-1. The summed E-state index contributed by atoms with van der Waals surface area (Å²) in [5.41, 5.74) is 1.54. The third-order valence-corrected chi connectivity index (χ3v) is 1.68. The number of hydrogen-bond acceptors (Lipinski definition) is 4. The number of rotatable bonds is 0. The Morgan fingerprint density at radius 3 is 1.75 bits per heavy atom. The predicted octanol–water partition coefficient (Wildman–Crippen LogP) is -3.87. The molecule has 0 aromatic rings. The Hall–Kier alpha value is -0.200. The quantitative estimate of drug-likeness (QED) is 0.371. The Morgan fingerprint density at radius 1 is 1.25 bits per heavy atom. The fourth-order valence-electron chi connectivity index (χ4n) is 0.954. The fraction of sp³-hybridized carbons (Fsp3) is 0.833. The van der Waals surface area contributed by atoms with Crippen molar-refractivity contribution in [1.29, 1.82) is 0 Å². The third kappa shape index (κ3) is 7.90. The summed E-state index contributed by atoms with van der Waals surface area (Å²) in [6.07, 6.45) is 2.68. The number of halogens is 1. The SMILES string of the molecule is CC1=[N+](C)CCC1.[O-][Cl+3]([O-])([O-])[O-]. The van der Waals surface area contributed by atoms with E-state index in [-0.39, 0.29) is 0 Å². The Balaban J connectivity index is 0.000000217. The van der Waals surface area contributed by atoms with Crippen LogP contribution >= 0.6 is 0 Å². The third-order valence-electron chi connectivity index (χ3n) is 1.68. The molecule has 1 aliphatic rings. The zero-order valence-corrected chi connectivity index (χ0v) is 7.84. The predicted molar refractivity (Wildman–Crippen MR) is 31.0 cm³/mol. The van der Waals surface area contributed by atoms with Gasteiger partial charge in [-0.05, 0) is 0 Å². The lowest BCUT2D eigenvalue weighted by molar-refractivity contribution is -2.00. The first-order valence-corrected chi connectivity index (χ1v) is 4.69. The van der Waals surface area contributed by atoms with Gasteiger partial charge in [0.25, 0.3) is 0 Å². The molecule has 0 amide bonds. The zero-order valence-electron chi connectivity index (χ0n) is 7.08. The van der Waals surface area contributed by atoms with Crippen LogP contribution in [0, 0.1) is 10.2 Å². The van der Waals surface area contributed by atoms with Crippen LogP contribution in [-0.4, -0.2) is 23.9 Å². The van der Waals surface area contributed by atoms with E-state index in [1.807, 2.05) is 0 Å². The summed E-state index contributed by atoms with van der Waals surface area (Å²) in [7, 11) is -2.79. The van der Waals surface area contributed by atoms with E-state index in [9.17, 15) is 0 Å². The van der Waals surface area contributed by atoms with Crippen molar-refractivity contribution in [3.05, 3.63) is 0 Å². The molecule has 0 fully saturated rings. The van der Waals surface area contributed by atoms with E-state index in [1.54, 1.807) is 5.71 Å². The normalized spacial score (nSPS) is 17.5. The maximum Gasteiger partial charge on any atom is 0.149 e. The number of nitrogens with zero attached hydrogens (tertiary/aromatic N) is 1. The first-order valence-electron chi connectivity index (χ1n) is 3.46. The van der Waals surface area contributed by atoms with E-state index in [2.05, 4.69) is 18.5 Å². The summed E-state index contributed by atoms with van der Waals surface area (Å²) in [4.78, 5) is 0. The second kappa shape index (κ2) is 4.74. The lowest BCUT2D eigenvalue weighted by Gasteiger charge is -2.17. The molecule has 12 heavy (non-hydrogen) atoms. The van der Waals surface area contributed by atoms with E-state index in [1.165, 1.54) is 19.4 Å². The highest BCUT2D eigenvalue weighted by atomic mass is 35.7. The molecule has 6 heteroatoms. The molecule has 0 bridgehead atoms. The monoisotopic (exact) mass is 197 g/mol. The molecular weight excluding hydrogens is 186 g/mol. The smallest absolute Gasteiger partial charge is 0.149 e. The molecular formula is C6H12ClNO4. The van der Waals surface area contributed by atoms with Gasteiger partial charge in [0.05, 0.1) is 0 Å². The summed E-state index contributed by atoms with van der Waals surface area (Å²) in [5, 5.41) is 0. The van der Waals surface area contributed by atoms with Crippen LogP contribution in [0.25, 0.3) is 0 Å². The highest BCUT2D eigenvalue weighted by Gasteiger charge is 2.11. The van der Waals surface area contributed by atoms with Gasteiger partial charge in [-0.1, -0.05) is 0 Å². The van der Waals surface area contributed by atoms with Crippen LogP contribution in [0.15, 0.2) is 0 Å². The van der Waals surface area contributed by atoms with Crippen LogP contribution in [0.2, 0.25) is 0 Å². The van der Waals surface area contributed by atoms with Crippen LogP contribution in [0.3, 0.4) is 0 Å². The van der Waals surface area contributed by atoms with Crippen molar-refractivity contribution in [3.8, 4) is 0 Å². The van der Waals surface area contributed by atoms with Gasteiger partial charge in [0.1, 0.15) is 19.3 Å². The minimum absolute atomic E-state index is 1.27. The van der Waals surface area contributed by atoms with Crippen molar-refractivity contribution < 1.29 is 33.5 Å². The molecule has 0 aliphatic carbocycles. The first kappa shape index (κ1) is 11.8. The van der Waals surface area contributed by atoms with Crippen molar-refractivity contribution in [3.63, 3.8) is 0 Å². The molecule has 0 saturated carbocycles. The molecule has 72 valence electrons. The van der Waals surface area contributed by atoms with Gasteiger partial charge in [-0.25, -0.2) is 23.2 Å². The van der Waals surface area contributed by atoms with Gasteiger partial charge in [0, 0.05) is 19.8 Å². The molecule has 0 atom stereocenters. The molecule has 0 spiro atoms. The fourth-order valence-corrected chi connectivity index (χ4v) is 0.954. The Morgan fingerprint density at radius 2 is 1.67 bits per heavy atom. The van der Waals surface area contributed by atoms with Gasteiger partial charge in [0.15, 0.2) is 0 Å². The van der Waals surface area contributed by atoms with E-state index in [0.29, 0.717) is 0 Å². The minimum atomic E-state index is -4.94.